The second kappa shape index (κ2) is 7.41. The van der Waals surface area contributed by atoms with Gasteiger partial charge in [-0.3, -0.25) is 4.79 Å². The van der Waals surface area contributed by atoms with Crippen molar-refractivity contribution in [2.75, 3.05) is 19.8 Å². The number of carbonyl (C=O) groups is 2. The first-order valence-corrected chi connectivity index (χ1v) is 6.49. The van der Waals surface area contributed by atoms with Crippen molar-refractivity contribution < 1.29 is 19.4 Å². The van der Waals surface area contributed by atoms with Gasteiger partial charge >= 0.3 is 5.97 Å². The van der Waals surface area contributed by atoms with Gasteiger partial charge in [-0.15, -0.1) is 11.3 Å². The third-order valence-corrected chi connectivity index (χ3v) is 3.46. The molecule has 0 saturated carbocycles. The molecule has 17 heavy (non-hydrogen) atoms. The van der Waals surface area contributed by atoms with E-state index in [4.69, 9.17) is 5.11 Å². The first-order chi connectivity index (χ1) is 8.08. The molecule has 0 radical (unpaired) electrons. The minimum Gasteiger partial charge on any atom is -0.480 e. The molecule has 7 heteroatoms. The number of carboxylic acids is 1. The van der Waals surface area contributed by atoms with Crippen molar-refractivity contribution in [3.8, 4) is 0 Å². The van der Waals surface area contributed by atoms with Crippen molar-refractivity contribution >= 4 is 39.1 Å². The zero-order valence-electron chi connectivity index (χ0n) is 8.94. The Balaban J connectivity index is 2.10. The van der Waals surface area contributed by atoms with Crippen LogP contribution < -0.4 is 5.32 Å². The summed E-state index contributed by atoms with van der Waals surface area (Å²) in [6.07, 6.45) is 0.751. The van der Waals surface area contributed by atoms with Crippen molar-refractivity contribution in [2.24, 2.45) is 0 Å². The first-order valence-electron chi connectivity index (χ1n) is 4.88. The van der Waals surface area contributed by atoms with Gasteiger partial charge in [-0.05, 0) is 34.5 Å². The third-order valence-electron chi connectivity index (χ3n) is 1.78. The van der Waals surface area contributed by atoms with Crippen molar-refractivity contribution in [2.45, 2.75) is 6.42 Å². The predicted octanol–water partition coefficient (Wildman–Crippen LogP) is 1.27. The maximum Gasteiger partial charge on any atom is 0.329 e. The number of nitrogens with one attached hydrogen (secondary N) is 1. The quantitative estimate of drug-likeness (QED) is 0.793. The molecule has 0 atom stereocenters. The van der Waals surface area contributed by atoms with Crippen LogP contribution in [-0.4, -0.2) is 36.7 Å². The zero-order chi connectivity index (χ0) is 12.7. The number of ether oxygens (including phenoxy) is 1. The van der Waals surface area contributed by atoms with Crippen molar-refractivity contribution in [1.29, 1.82) is 0 Å². The summed E-state index contributed by atoms with van der Waals surface area (Å²) in [5.74, 6) is -1.39. The lowest BCUT2D eigenvalue weighted by Crippen LogP contribution is -2.30. The van der Waals surface area contributed by atoms with Gasteiger partial charge in [-0.1, -0.05) is 0 Å². The molecule has 0 bridgehead atoms. The summed E-state index contributed by atoms with van der Waals surface area (Å²) in [4.78, 5) is 22.5. The summed E-state index contributed by atoms with van der Waals surface area (Å²) in [5, 5.41) is 10.9. The number of aliphatic carboxylic acids is 1. The van der Waals surface area contributed by atoms with Crippen molar-refractivity contribution in [3.63, 3.8) is 0 Å². The average molecular weight is 322 g/mol. The van der Waals surface area contributed by atoms with Crippen molar-refractivity contribution in [3.05, 3.63) is 20.8 Å². The highest BCUT2D eigenvalue weighted by Gasteiger charge is 2.04. The highest BCUT2D eigenvalue weighted by Crippen LogP contribution is 2.21. The van der Waals surface area contributed by atoms with E-state index in [0.717, 1.165) is 10.2 Å². The summed E-state index contributed by atoms with van der Waals surface area (Å²) in [7, 11) is 0. The van der Waals surface area contributed by atoms with Crippen LogP contribution in [0.25, 0.3) is 0 Å². The van der Waals surface area contributed by atoms with E-state index >= 15 is 0 Å². The molecule has 5 nitrogen and oxygen atoms in total. The molecule has 1 aromatic heterocycles. The van der Waals surface area contributed by atoms with Crippen LogP contribution in [0.4, 0.5) is 0 Å². The lowest BCUT2D eigenvalue weighted by molar-refractivity contribution is -0.143. The van der Waals surface area contributed by atoms with E-state index in [1.165, 1.54) is 4.88 Å². The Morgan fingerprint density at radius 2 is 2.18 bits per heavy atom. The van der Waals surface area contributed by atoms with Crippen LogP contribution in [-0.2, 0) is 20.7 Å². The van der Waals surface area contributed by atoms with Gasteiger partial charge in [0.15, 0.2) is 0 Å². The van der Waals surface area contributed by atoms with Gasteiger partial charge in [0.25, 0.3) is 0 Å². The molecule has 0 aliphatic heterocycles. The molecule has 0 aliphatic carbocycles. The van der Waals surface area contributed by atoms with Crippen LogP contribution in [0, 0.1) is 0 Å². The molecule has 1 amide bonds. The van der Waals surface area contributed by atoms with Gasteiger partial charge in [0.1, 0.15) is 13.2 Å². The Morgan fingerprint density at radius 3 is 2.76 bits per heavy atom. The van der Waals surface area contributed by atoms with Gasteiger partial charge in [0, 0.05) is 11.4 Å². The highest BCUT2D eigenvalue weighted by atomic mass is 79.9. The van der Waals surface area contributed by atoms with Crippen LogP contribution in [0.1, 0.15) is 4.88 Å². The fourth-order valence-corrected chi connectivity index (χ4v) is 2.58. The van der Waals surface area contributed by atoms with E-state index in [2.05, 4.69) is 26.0 Å². The molecule has 0 unspecified atom stereocenters. The summed E-state index contributed by atoms with van der Waals surface area (Å²) in [6, 6.07) is 3.94. The van der Waals surface area contributed by atoms with E-state index in [1.807, 2.05) is 12.1 Å². The van der Waals surface area contributed by atoms with Crippen LogP contribution in [0.5, 0.6) is 0 Å². The van der Waals surface area contributed by atoms with Gasteiger partial charge in [0.2, 0.25) is 5.91 Å². The fourth-order valence-electron chi connectivity index (χ4n) is 1.09. The van der Waals surface area contributed by atoms with Crippen LogP contribution >= 0.6 is 27.3 Å². The molecule has 1 heterocycles. The monoisotopic (exact) mass is 321 g/mol. The molecular weight excluding hydrogens is 310 g/mol. The number of halogens is 1. The number of amides is 1. The number of carbonyl (C=O) groups excluding carboxylic acids is 1. The minimum atomic E-state index is -1.08. The molecule has 0 saturated heterocycles. The Morgan fingerprint density at radius 1 is 1.41 bits per heavy atom. The number of hydrogen-bond acceptors (Lipinski definition) is 4. The Labute approximate surface area is 111 Å². The number of hydrogen-bond donors (Lipinski definition) is 2. The molecule has 2 N–H and O–H groups in total. The summed E-state index contributed by atoms with van der Waals surface area (Å²) in [6.45, 7) is -0.159. The van der Waals surface area contributed by atoms with Gasteiger partial charge in [-0.25, -0.2) is 4.79 Å². The van der Waals surface area contributed by atoms with E-state index in [9.17, 15) is 9.59 Å². The number of thiophene rings is 1. The zero-order valence-corrected chi connectivity index (χ0v) is 11.3. The molecule has 0 aromatic carbocycles. The minimum absolute atomic E-state index is 0.222. The first kappa shape index (κ1) is 14.1. The fraction of sp³-hybridized carbons (Fsp3) is 0.400. The largest absolute Gasteiger partial charge is 0.480 e. The molecule has 0 fully saturated rings. The summed E-state index contributed by atoms with van der Waals surface area (Å²) < 4.78 is 5.71. The maximum absolute atomic E-state index is 11.2. The van der Waals surface area contributed by atoms with E-state index < -0.39 is 12.6 Å². The lowest BCUT2D eigenvalue weighted by atomic mass is 10.3. The molecular formula is C10H12BrNO4S. The standard InChI is InChI=1S/C10H12BrNO4S/c11-8-2-1-7(17-8)3-4-12-9(13)5-16-6-10(14)15/h1-2H,3-6H2,(H,12,13)(H,14,15). The maximum atomic E-state index is 11.2. The van der Waals surface area contributed by atoms with E-state index in [0.29, 0.717) is 6.54 Å². The Kier molecular flexibility index (Phi) is 6.17. The van der Waals surface area contributed by atoms with Gasteiger partial charge in [-0.2, -0.15) is 0 Å². The van der Waals surface area contributed by atoms with Crippen molar-refractivity contribution in [1.82, 2.24) is 5.32 Å². The SMILES string of the molecule is O=C(O)COCC(=O)NCCc1ccc(Br)s1. The number of carboxylic acid groups (broad SMARTS) is 1. The summed E-state index contributed by atoms with van der Waals surface area (Å²) >= 11 is 4.97. The van der Waals surface area contributed by atoms with Gasteiger partial charge in [0.05, 0.1) is 3.79 Å². The molecule has 1 rings (SSSR count). The molecule has 0 spiro atoms. The molecule has 1 aromatic rings. The lowest BCUT2D eigenvalue weighted by Gasteiger charge is -2.03. The smallest absolute Gasteiger partial charge is 0.329 e. The normalized spacial score (nSPS) is 10.2. The van der Waals surface area contributed by atoms with E-state index in [-0.39, 0.29) is 12.5 Å². The average Bonchev–Trinajstić information content (AvgIpc) is 2.63. The Bertz CT molecular complexity index is 393. The third kappa shape index (κ3) is 6.40. The highest BCUT2D eigenvalue weighted by molar-refractivity contribution is 9.11. The molecule has 0 aliphatic rings. The van der Waals surface area contributed by atoms with Crippen LogP contribution in [0.15, 0.2) is 15.9 Å². The predicted molar refractivity (Wildman–Crippen MR) is 67.2 cm³/mol. The topological polar surface area (TPSA) is 75.6 Å². The number of rotatable bonds is 7. The van der Waals surface area contributed by atoms with Crippen LogP contribution in [0.2, 0.25) is 0 Å². The second-order valence-electron chi connectivity index (χ2n) is 3.19. The van der Waals surface area contributed by atoms with Gasteiger partial charge < -0.3 is 15.2 Å². The van der Waals surface area contributed by atoms with Crippen LogP contribution in [0.3, 0.4) is 0 Å². The summed E-state index contributed by atoms with van der Waals surface area (Å²) in [5.41, 5.74) is 0. The Hall–Kier alpha value is -0.920. The molecule has 94 valence electrons. The van der Waals surface area contributed by atoms with E-state index in [1.54, 1.807) is 11.3 Å². The second-order valence-corrected chi connectivity index (χ2v) is 5.74.